The third-order valence-electron chi connectivity index (χ3n) is 3.19. The number of ether oxygens (including phenoxy) is 1. The predicted octanol–water partition coefficient (Wildman–Crippen LogP) is 2.05. The van der Waals surface area contributed by atoms with Crippen molar-refractivity contribution >= 4 is 5.91 Å². The van der Waals surface area contributed by atoms with Gasteiger partial charge >= 0.3 is 0 Å². The van der Waals surface area contributed by atoms with E-state index in [9.17, 15) is 9.90 Å². The molecule has 2 rings (SSSR count). The molecule has 0 spiro atoms. The molecule has 0 radical (unpaired) electrons. The van der Waals surface area contributed by atoms with Gasteiger partial charge in [0.25, 0.3) is 5.91 Å². The van der Waals surface area contributed by atoms with E-state index in [0.717, 1.165) is 11.1 Å². The van der Waals surface area contributed by atoms with Gasteiger partial charge in [0.2, 0.25) is 0 Å². The molecule has 1 amide bonds. The molecule has 0 aromatic heterocycles. The van der Waals surface area contributed by atoms with Gasteiger partial charge in [-0.2, -0.15) is 0 Å². The maximum absolute atomic E-state index is 12.0. The smallest absolute Gasteiger partial charge is 0.251 e. The van der Waals surface area contributed by atoms with E-state index in [4.69, 9.17) is 4.74 Å². The summed E-state index contributed by atoms with van der Waals surface area (Å²) in [6.07, 6.45) is -1.39. The third kappa shape index (κ3) is 4.41. The number of amides is 1. The van der Waals surface area contributed by atoms with Crippen LogP contribution in [0.4, 0.5) is 0 Å². The van der Waals surface area contributed by atoms with Crippen molar-refractivity contribution in [1.29, 1.82) is 0 Å². The molecule has 0 aliphatic heterocycles. The normalized spacial score (nSPS) is 13.4. The first-order valence-electron chi connectivity index (χ1n) is 6.81. The van der Waals surface area contributed by atoms with Crippen molar-refractivity contribution in [2.45, 2.75) is 18.8 Å². The summed E-state index contributed by atoms with van der Waals surface area (Å²) in [5.74, 6) is -0.449. The van der Waals surface area contributed by atoms with Crippen LogP contribution in [0.5, 0.6) is 0 Å². The summed E-state index contributed by atoms with van der Waals surface area (Å²) in [6, 6.07) is 18.7. The minimum Gasteiger partial charge on any atom is -0.383 e. The van der Waals surface area contributed by atoms with Gasteiger partial charge in [0.05, 0.1) is 0 Å². The molecule has 0 saturated carbocycles. The number of carbonyl (C=O) groups is 1. The van der Waals surface area contributed by atoms with Crippen molar-refractivity contribution in [2.24, 2.45) is 0 Å². The summed E-state index contributed by atoms with van der Waals surface area (Å²) < 4.78 is 5.26. The van der Waals surface area contributed by atoms with Gasteiger partial charge in [-0.25, -0.2) is 0 Å². The highest BCUT2D eigenvalue weighted by molar-refractivity contribution is 5.81. The molecule has 2 N–H and O–H groups in total. The number of rotatable bonds is 6. The number of carbonyl (C=O) groups excluding carboxylic acids is 1. The number of methoxy groups -OCH3 is 1. The van der Waals surface area contributed by atoms with E-state index in [0.29, 0.717) is 0 Å². The zero-order valence-electron chi connectivity index (χ0n) is 11.9. The Kier molecular flexibility index (Phi) is 5.49. The lowest BCUT2D eigenvalue weighted by Gasteiger charge is -2.19. The second-order valence-corrected chi connectivity index (χ2v) is 4.74. The molecule has 4 nitrogen and oxygen atoms in total. The van der Waals surface area contributed by atoms with E-state index >= 15 is 0 Å². The Balaban J connectivity index is 1.96. The molecule has 0 heterocycles. The van der Waals surface area contributed by atoms with Crippen LogP contribution in [-0.2, 0) is 16.0 Å². The topological polar surface area (TPSA) is 58.6 Å². The molecule has 0 fully saturated rings. The molecule has 4 heteroatoms. The average Bonchev–Trinajstić information content (AvgIpc) is 2.54. The molecule has 0 saturated heterocycles. The number of aliphatic hydroxyl groups excluding tert-OH is 1. The highest BCUT2D eigenvalue weighted by Gasteiger charge is 2.20. The van der Waals surface area contributed by atoms with E-state index in [2.05, 4.69) is 5.32 Å². The molecular formula is C17H19NO3. The molecule has 110 valence electrons. The van der Waals surface area contributed by atoms with Crippen molar-refractivity contribution in [3.63, 3.8) is 0 Å². The van der Waals surface area contributed by atoms with E-state index in [-0.39, 0.29) is 6.42 Å². The third-order valence-corrected chi connectivity index (χ3v) is 3.19. The quantitative estimate of drug-likeness (QED) is 0.799. The lowest BCUT2D eigenvalue weighted by Crippen LogP contribution is -2.38. The summed E-state index contributed by atoms with van der Waals surface area (Å²) in [5, 5.41) is 12.7. The van der Waals surface area contributed by atoms with Crippen molar-refractivity contribution < 1.29 is 14.6 Å². The molecule has 2 aromatic carbocycles. The minimum atomic E-state index is -1.10. The SMILES string of the molecule is CO[C@H](NC(=O)[C@@H](O)Cc1ccccc1)c1ccccc1. The Morgan fingerprint density at radius 1 is 1.10 bits per heavy atom. The van der Waals surface area contributed by atoms with Crippen molar-refractivity contribution in [2.75, 3.05) is 7.11 Å². The van der Waals surface area contributed by atoms with Gasteiger partial charge in [-0.3, -0.25) is 4.79 Å². The van der Waals surface area contributed by atoms with Crippen LogP contribution in [0.3, 0.4) is 0 Å². The lowest BCUT2D eigenvalue weighted by molar-refractivity contribution is -0.133. The Morgan fingerprint density at radius 3 is 2.24 bits per heavy atom. The van der Waals surface area contributed by atoms with Gasteiger partial charge < -0.3 is 15.2 Å². The van der Waals surface area contributed by atoms with Gasteiger partial charge in [-0.15, -0.1) is 0 Å². The fraction of sp³-hybridized carbons (Fsp3) is 0.235. The standard InChI is InChI=1S/C17H19NO3/c1-21-17(14-10-6-3-7-11-14)18-16(20)15(19)12-13-8-4-2-5-9-13/h2-11,15,17,19H,12H2,1H3,(H,18,20)/t15-,17-/m0/s1. The maximum Gasteiger partial charge on any atom is 0.251 e. The fourth-order valence-corrected chi connectivity index (χ4v) is 2.06. The molecule has 0 unspecified atom stereocenters. The first kappa shape index (κ1) is 15.2. The molecule has 0 aliphatic rings. The van der Waals surface area contributed by atoms with Gasteiger partial charge in [0.15, 0.2) is 6.23 Å². The first-order chi connectivity index (χ1) is 10.2. The summed E-state index contributed by atoms with van der Waals surface area (Å²) >= 11 is 0. The minimum absolute atomic E-state index is 0.276. The van der Waals surface area contributed by atoms with Gasteiger partial charge in [0.1, 0.15) is 6.10 Å². The monoisotopic (exact) mass is 285 g/mol. The first-order valence-corrected chi connectivity index (χ1v) is 6.81. The molecule has 2 aromatic rings. The highest BCUT2D eigenvalue weighted by atomic mass is 16.5. The Hall–Kier alpha value is -2.17. The van der Waals surface area contributed by atoms with Gasteiger partial charge in [0, 0.05) is 19.1 Å². The van der Waals surface area contributed by atoms with E-state index in [1.807, 2.05) is 60.7 Å². The van der Waals surface area contributed by atoms with Crippen LogP contribution in [-0.4, -0.2) is 24.2 Å². The average molecular weight is 285 g/mol. The van der Waals surface area contributed by atoms with Gasteiger partial charge in [-0.05, 0) is 5.56 Å². The highest BCUT2D eigenvalue weighted by Crippen LogP contribution is 2.13. The summed E-state index contributed by atoms with van der Waals surface area (Å²) in [4.78, 5) is 12.0. The predicted molar refractivity (Wildman–Crippen MR) is 80.5 cm³/mol. The summed E-state index contributed by atoms with van der Waals surface area (Å²) in [7, 11) is 1.52. The molecular weight excluding hydrogens is 266 g/mol. The number of hydrogen-bond donors (Lipinski definition) is 2. The second-order valence-electron chi connectivity index (χ2n) is 4.74. The second kappa shape index (κ2) is 7.57. The Morgan fingerprint density at radius 2 is 1.67 bits per heavy atom. The molecule has 0 bridgehead atoms. The van der Waals surface area contributed by atoms with Gasteiger partial charge in [-0.1, -0.05) is 60.7 Å². The van der Waals surface area contributed by atoms with Crippen molar-refractivity contribution in [3.8, 4) is 0 Å². The van der Waals surface area contributed by atoms with E-state index in [1.165, 1.54) is 7.11 Å². The van der Waals surface area contributed by atoms with Crippen molar-refractivity contribution in [3.05, 3.63) is 71.8 Å². The van der Waals surface area contributed by atoms with Crippen LogP contribution in [0.15, 0.2) is 60.7 Å². The molecule has 2 atom stereocenters. The number of benzene rings is 2. The Labute approximate surface area is 124 Å². The summed E-state index contributed by atoms with van der Waals surface area (Å²) in [5.41, 5.74) is 1.74. The van der Waals surface area contributed by atoms with E-state index < -0.39 is 18.2 Å². The largest absolute Gasteiger partial charge is 0.383 e. The lowest BCUT2D eigenvalue weighted by atomic mass is 10.1. The number of aliphatic hydroxyl groups is 1. The Bertz CT molecular complexity index is 557. The van der Waals surface area contributed by atoms with Crippen LogP contribution in [0.25, 0.3) is 0 Å². The fourth-order valence-electron chi connectivity index (χ4n) is 2.06. The number of hydrogen-bond acceptors (Lipinski definition) is 3. The zero-order chi connectivity index (χ0) is 15.1. The maximum atomic E-state index is 12.0. The van der Waals surface area contributed by atoms with Crippen LogP contribution in [0, 0.1) is 0 Å². The summed E-state index contributed by atoms with van der Waals surface area (Å²) in [6.45, 7) is 0. The van der Waals surface area contributed by atoms with E-state index in [1.54, 1.807) is 0 Å². The molecule has 21 heavy (non-hydrogen) atoms. The number of nitrogens with one attached hydrogen (secondary N) is 1. The zero-order valence-corrected chi connectivity index (χ0v) is 11.9. The van der Waals surface area contributed by atoms with Crippen LogP contribution in [0.2, 0.25) is 0 Å². The van der Waals surface area contributed by atoms with Crippen LogP contribution >= 0.6 is 0 Å². The van der Waals surface area contributed by atoms with Crippen molar-refractivity contribution in [1.82, 2.24) is 5.32 Å². The van der Waals surface area contributed by atoms with Crippen LogP contribution in [0.1, 0.15) is 17.4 Å². The molecule has 0 aliphatic carbocycles. The van der Waals surface area contributed by atoms with Crippen LogP contribution < -0.4 is 5.32 Å².